The molecule has 0 amide bonds. The topological polar surface area (TPSA) is 16.8 Å². The zero-order valence-electron chi connectivity index (χ0n) is 21.1. The molecule has 36 heavy (non-hydrogen) atoms. The third kappa shape index (κ3) is 6.74. The van der Waals surface area contributed by atoms with Crippen molar-refractivity contribution in [3.63, 3.8) is 0 Å². The lowest BCUT2D eigenvalue weighted by Crippen LogP contribution is -2.26. The van der Waals surface area contributed by atoms with E-state index in [9.17, 15) is 0 Å². The average Bonchev–Trinajstić information content (AvgIpc) is 2.96. The van der Waals surface area contributed by atoms with Gasteiger partial charge in [-0.3, -0.25) is 4.98 Å². The minimum Gasteiger partial charge on any atom is -0.256 e. The molecule has 0 radical (unpaired) electrons. The van der Waals surface area contributed by atoms with Crippen LogP contribution in [0, 0.1) is 0 Å². The van der Waals surface area contributed by atoms with E-state index in [1.54, 1.807) is 0 Å². The molecule has 0 N–H and O–H groups in total. The van der Waals surface area contributed by atoms with Crippen molar-refractivity contribution in [2.24, 2.45) is 0 Å². The van der Waals surface area contributed by atoms with E-state index in [0.29, 0.717) is 0 Å². The largest absolute Gasteiger partial charge is 0.256 e. The Balaban J connectivity index is 0.000000211. The van der Waals surface area contributed by atoms with E-state index >= 15 is 0 Å². The molecule has 0 saturated carbocycles. The van der Waals surface area contributed by atoms with E-state index < -0.39 is 0 Å². The molecular formula is C33H34N2P+. The highest BCUT2D eigenvalue weighted by molar-refractivity contribution is 7.30. The van der Waals surface area contributed by atoms with Gasteiger partial charge in [0.05, 0.1) is 5.69 Å². The standard InChI is InChI=1S/C22H25NP.C11H9N/c1-3-10-19-13-8-9-14-21(19)22-17-20(15-16-23(22)24-4-2)18-11-6-5-7-12-18;1-2-6-10(7-3-1)11-8-4-5-9-12-11/h5-9,11-17,24H,3-4,10H2,1-2H3;1-9H/q+1;. The maximum Gasteiger partial charge on any atom is 0.214 e. The molecule has 2 heterocycles. The van der Waals surface area contributed by atoms with Crippen LogP contribution in [-0.2, 0) is 6.42 Å². The first-order chi connectivity index (χ1) is 17.8. The van der Waals surface area contributed by atoms with Crippen molar-refractivity contribution < 1.29 is 4.34 Å². The predicted molar refractivity (Wildman–Crippen MR) is 155 cm³/mol. The fourth-order valence-corrected chi connectivity index (χ4v) is 5.10. The van der Waals surface area contributed by atoms with Gasteiger partial charge in [-0.2, -0.15) is 4.34 Å². The Labute approximate surface area is 217 Å². The Morgan fingerprint density at radius 2 is 1.33 bits per heavy atom. The Hall–Kier alpha value is -3.61. The number of aryl methyl sites for hydroxylation is 1. The number of hydrogen-bond acceptors (Lipinski definition) is 1. The number of nitrogens with zero attached hydrogens (tertiary/aromatic N) is 2. The van der Waals surface area contributed by atoms with E-state index in [4.69, 9.17) is 0 Å². The molecule has 0 aliphatic rings. The monoisotopic (exact) mass is 489 g/mol. The molecule has 0 spiro atoms. The molecule has 3 aromatic carbocycles. The molecule has 0 fully saturated rings. The quantitative estimate of drug-likeness (QED) is 0.210. The lowest BCUT2D eigenvalue weighted by atomic mass is 9.98. The number of rotatable bonds is 7. The molecular weight excluding hydrogens is 455 g/mol. The second-order valence-electron chi connectivity index (χ2n) is 8.54. The Bertz CT molecular complexity index is 1300. The number of hydrogen-bond donors (Lipinski definition) is 0. The van der Waals surface area contributed by atoms with Crippen LogP contribution in [0.3, 0.4) is 0 Å². The van der Waals surface area contributed by atoms with Crippen LogP contribution in [0.2, 0.25) is 0 Å². The summed E-state index contributed by atoms with van der Waals surface area (Å²) in [7, 11) is 0.781. The van der Waals surface area contributed by atoms with Gasteiger partial charge in [-0.1, -0.05) is 105 Å². The normalized spacial score (nSPS) is 10.7. The summed E-state index contributed by atoms with van der Waals surface area (Å²) in [6, 6.07) is 40.2. The molecule has 1 unspecified atom stereocenters. The van der Waals surface area contributed by atoms with Gasteiger partial charge in [-0.05, 0) is 41.3 Å². The van der Waals surface area contributed by atoms with Crippen molar-refractivity contribution in [3.8, 4) is 33.6 Å². The van der Waals surface area contributed by atoms with Crippen molar-refractivity contribution in [1.82, 2.24) is 4.98 Å². The molecule has 3 heteroatoms. The first-order valence-corrected chi connectivity index (χ1v) is 13.8. The van der Waals surface area contributed by atoms with Crippen molar-refractivity contribution in [1.29, 1.82) is 0 Å². The SMILES string of the molecule is CCCc1ccccc1-c1cc(-c2ccccc2)cc[n+]1PCC.c1ccc(-c2ccccn2)cc1. The highest BCUT2D eigenvalue weighted by Crippen LogP contribution is 2.28. The second-order valence-corrected chi connectivity index (χ2v) is 10.0. The minimum absolute atomic E-state index is 0.781. The molecule has 0 saturated heterocycles. The van der Waals surface area contributed by atoms with Crippen LogP contribution >= 0.6 is 8.73 Å². The molecule has 2 aromatic heterocycles. The number of pyridine rings is 2. The van der Waals surface area contributed by atoms with Crippen LogP contribution in [0.1, 0.15) is 25.8 Å². The van der Waals surface area contributed by atoms with Crippen LogP contribution in [0.25, 0.3) is 33.6 Å². The first-order valence-electron chi connectivity index (χ1n) is 12.7. The zero-order chi connectivity index (χ0) is 25.0. The fourth-order valence-electron chi connectivity index (χ4n) is 4.23. The third-order valence-corrected chi connectivity index (χ3v) is 6.98. The molecule has 180 valence electrons. The van der Waals surface area contributed by atoms with Crippen molar-refractivity contribution in [2.45, 2.75) is 26.7 Å². The van der Waals surface area contributed by atoms with Gasteiger partial charge in [0.1, 0.15) is 0 Å². The maximum absolute atomic E-state index is 4.25. The highest BCUT2D eigenvalue weighted by Gasteiger charge is 2.17. The second kappa shape index (κ2) is 13.5. The Kier molecular flexibility index (Phi) is 9.54. The van der Waals surface area contributed by atoms with Crippen LogP contribution in [0.4, 0.5) is 0 Å². The smallest absolute Gasteiger partial charge is 0.214 e. The molecule has 1 atom stereocenters. The maximum atomic E-state index is 4.25. The van der Waals surface area contributed by atoms with Gasteiger partial charge >= 0.3 is 0 Å². The molecule has 2 nitrogen and oxygen atoms in total. The molecule has 0 bridgehead atoms. The summed E-state index contributed by atoms with van der Waals surface area (Å²) in [6.45, 7) is 4.50. The minimum atomic E-state index is 0.781. The number of benzene rings is 3. The Morgan fingerprint density at radius 3 is 2.00 bits per heavy atom. The zero-order valence-corrected chi connectivity index (χ0v) is 22.1. The van der Waals surface area contributed by atoms with Crippen LogP contribution < -0.4 is 4.34 Å². The van der Waals surface area contributed by atoms with E-state index in [-0.39, 0.29) is 0 Å². The van der Waals surface area contributed by atoms with Crippen LogP contribution in [0.15, 0.2) is 128 Å². The van der Waals surface area contributed by atoms with Gasteiger partial charge in [-0.25, -0.2) is 0 Å². The number of aromatic nitrogens is 2. The van der Waals surface area contributed by atoms with Gasteiger partial charge in [-0.15, -0.1) is 0 Å². The Morgan fingerprint density at radius 1 is 0.667 bits per heavy atom. The summed E-state index contributed by atoms with van der Waals surface area (Å²) >= 11 is 0. The lowest BCUT2D eigenvalue weighted by molar-refractivity contribution is -0.492. The summed E-state index contributed by atoms with van der Waals surface area (Å²) in [5, 5.41) is 0. The van der Waals surface area contributed by atoms with E-state index in [0.717, 1.165) is 32.6 Å². The van der Waals surface area contributed by atoms with Gasteiger partial charge < -0.3 is 0 Å². The third-order valence-electron chi connectivity index (χ3n) is 5.94. The van der Waals surface area contributed by atoms with Gasteiger partial charge in [0.15, 0.2) is 14.9 Å². The summed E-state index contributed by atoms with van der Waals surface area (Å²) in [4.78, 5) is 4.25. The molecule has 5 aromatic rings. The molecule has 0 aliphatic carbocycles. The van der Waals surface area contributed by atoms with Crippen LogP contribution in [0.5, 0.6) is 0 Å². The summed E-state index contributed by atoms with van der Waals surface area (Å²) in [5.41, 5.74) is 8.91. The fraction of sp³-hybridized carbons (Fsp3) is 0.152. The van der Waals surface area contributed by atoms with E-state index in [1.165, 1.54) is 34.4 Å². The van der Waals surface area contributed by atoms with Crippen molar-refractivity contribution in [2.75, 3.05) is 6.16 Å². The van der Waals surface area contributed by atoms with E-state index in [2.05, 4.69) is 108 Å². The first kappa shape index (κ1) is 25.5. The van der Waals surface area contributed by atoms with Gasteiger partial charge in [0, 0.05) is 35.6 Å². The van der Waals surface area contributed by atoms with Crippen molar-refractivity contribution in [3.05, 3.63) is 133 Å². The average molecular weight is 490 g/mol. The van der Waals surface area contributed by atoms with Gasteiger partial charge in [0.25, 0.3) is 0 Å². The molecule has 0 aliphatic heterocycles. The van der Waals surface area contributed by atoms with Crippen molar-refractivity contribution >= 4 is 8.73 Å². The highest BCUT2D eigenvalue weighted by atomic mass is 31.1. The summed E-state index contributed by atoms with van der Waals surface area (Å²) < 4.78 is 2.42. The van der Waals surface area contributed by atoms with E-state index in [1.807, 2.05) is 42.6 Å². The van der Waals surface area contributed by atoms with Gasteiger partial charge in [0.2, 0.25) is 5.69 Å². The molecule has 5 rings (SSSR count). The summed E-state index contributed by atoms with van der Waals surface area (Å²) in [6.07, 6.45) is 7.52. The van der Waals surface area contributed by atoms with Crippen LogP contribution in [-0.4, -0.2) is 11.1 Å². The summed E-state index contributed by atoms with van der Waals surface area (Å²) in [5.74, 6) is 0. The predicted octanol–water partition coefficient (Wildman–Crippen LogP) is 8.47. The lowest BCUT2D eigenvalue weighted by Gasteiger charge is -2.10.